The Labute approximate surface area is 106 Å². The molecule has 6 nitrogen and oxygen atoms in total. The van der Waals surface area contributed by atoms with Crippen LogP contribution in [0.25, 0.3) is 0 Å². The van der Waals surface area contributed by atoms with Gasteiger partial charge in [-0.25, -0.2) is 4.98 Å². The van der Waals surface area contributed by atoms with Gasteiger partial charge in [-0.3, -0.25) is 0 Å². The first-order valence-corrected chi connectivity index (χ1v) is 5.81. The van der Waals surface area contributed by atoms with Gasteiger partial charge >= 0.3 is 0 Å². The van der Waals surface area contributed by atoms with E-state index in [9.17, 15) is 0 Å². The Kier molecular flexibility index (Phi) is 3.65. The molecule has 2 unspecified atom stereocenters. The van der Waals surface area contributed by atoms with Crippen molar-refractivity contribution in [2.24, 2.45) is 0 Å². The number of hydrogen-bond donors (Lipinski definition) is 2. The lowest BCUT2D eigenvalue weighted by molar-refractivity contribution is -0.0105. The molecule has 0 saturated carbocycles. The second-order valence-corrected chi connectivity index (χ2v) is 4.35. The number of aliphatic hydroxyl groups excluding tert-OH is 1. The molecular formula is C12H16N4O2. The first kappa shape index (κ1) is 12.6. The lowest BCUT2D eigenvalue weighted by atomic mass is 10.1. The highest BCUT2D eigenvalue weighted by atomic mass is 16.5. The Bertz CT molecular complexity index is 472. The molecule has 1 aromatic rings. The lowest BCUT2D eigenvalue weighted by Gasteiger charge is -2.38. The third kappa shape index (κ3) is 2.23. The van der Waals surface area contributed by atoms with Crippen molar-refractivity contribution in [2.75, 3.05) is 30.4 Å². The van der Waals surface area contributed by atoms with Gasteiger partial charge in [0.05, 0.1) is 36.6 Å². The second-order valence-electron chi connectivity index (χ2n) is 4.35. The Hall–Kier alpha value is -1.84. The average molecular weight is 248 g/mol. The molecule has 0 aromatic carbocycles. The molecule has 1 fully saturated rings. The first-order valence-electron chi connectivity index (χ1n) is 5.81. The quantitative estimate of drug-likeness (QED) is 0.772. The number of nitrogen functional groups attached to an aromatic ring is 1. The highest BCUT2D eigenvalue weighted by Gasteiger charge is 2.28. The van der Waals surface area contributed by atoms with Crippen LogP contribution in [0, 0.1) is 11.3 Å². The van der Waals surface area contributed by atoms with Crippen molar-refractivity contribution in [1.29, 1.82) is 5.26 Å². The van der Waals surface area contributed by atoms with Crippen molar-refractivity contribution in [3.8, 4) is 6.07 Å². The fraction of sp³-hybridized carbons (Fsp3) is 0.500. The minimum absolute atomic E-state index is 0.0406. The first-order chi connectivity index (χ1) is 8.67. The van der Waals surface area contributed by atoms with E-state index >= 15 is 0 Å². The van der Waals surface area contributed by atoms with Gasteiger partial charge in [0.15, 0.2) is 5.82 Å². The third-order valence-electron chi connectivity index (χ3n) is 3.07. The van der Waals surface area contributed by atoms with E-state index in [0.29, 0.717) is 30.2 Å². The zero-order valence-electron chi connectivity index (χ0n) is 10.2. The van der Waals surface area contributed by atoms with Crippen LogP contribution in [-0.4, -0.2) is 42.0 Å². The number of aromatic nitrogens is 1. The molecule has 6 heteroatoms. The Morgan fingerprint density at radius 1 is 1.72 bits per heavy atom. The maximum Gasteiger partial charge on any atom is 0.153 e. The van der Waals surface area contributed by atoms with E-state index in [1.54, 1.807) is 12.3 Å². The molecule has 0 spiro atoms. The topological polar surface area (TPSA) is 95.4 Å². The molecule has 2 heterocycles. The molecular weight excluding hydrogens is 232 g/mol. The van der Waals surface area contributed by atoms with E-state index < -0.39 is 0 Å². The number of morpholine rings is 1. The Balaban J connectivity index is 2.32. The highest BCUT2D eigenvalue weighted by molar-refractivity contribution is 5.70. The normalized spacial score (nSPS) is 23.7. The molecule has 96 valence electrons. The van der Waals surface area contributed by atoms with Crippen LogP contribution in [-0.2, 0) is 4.74 Å². The summed E-state index contributed by atoms with van der Waals surface area (Å²) in [5.74, 6) is 0.586. The maximum atomic E-state index is 9.16. The van der Waals surface area contributed by atoms with E-state index in [1.807, 2.05) is 17.9 Å². The summed E-state index contributed by atoms with van der Waals surface area (Å²) >= 11 is 0. The number of rotatable bonds is 2. The van der Waals surface area contributed by atoms with Gasteiger partial charge in [-0.2, -0.15) is 5.26 Å². The summed E-state index contributed by atoms with van der Waals surface area (Å²) < 4.78 is 5.46. The summed E-state index contributed by atoms with van der Waals surface area (Å²) in [5.41, 5.74) is 6.74. The van der Waals surface area contributed by atoms with Gasteiger partial charge in [0.1, 0.15) is 6.07 Å². The van der Waals surface area contributed by atoms with E-state index in [0.717, 1.165) is 0 Å². The summed E-state index contributed by atoms with van der Waals surface area (Å²) in [7, 11) is 0. The lowest BCUT2D eigenvalue weighted by Crippen LogP contribution is -2.50. The summed E-state index contributed by atoms with van der Waals surface area (Å²) in [6.07, 6.45) is 1.33. The van der Waals surface area contributed by atoms with Crippen LogP contribution in [0.2, 0.25) is 0 Å². The second kappa shape index (κ2) is 5.21. The summed E-state index contributed by atoms with van der Waals surface area (Å²) in [4.78, 5) is 6.22. The summed E-state index contributed by atoms with van der Waals surface area (Å²) in [5, 5.41) is 18.1. The number of nitriles is 1. The van der Waals surface area contributed by atoms with Gasteiger partial charge in [-0.05, 0) is 13.0 Å². The van der Waals surface area contributed by atoms with Crippen molar-refractivity contribution in [3.05, 3.63) is 17.8 Å². The van der Waals surface area contributed by atoms with Crippen LogP contribution in [0.3, 0.4) is 0 Å². The Morgan fingerprint density at radius 3 is 3.17 bits per heavy atom. The molecule has 1 saturated heterocycles. The molecule has 1 aliphatic rings. The van der Waals surface area contributed by atoms with E-state index in [-0.39, 0.29) is 18.8 Å². The molecule has 3 N–H and O–H groups in total. The largest absolute Gasteiger partial charge is 0.395 e. The highest BCUT2D eigenvalue weighted by Crippen LogP contribution is 2.27. The average Bonchev–Trinajstić information content (AvgIpc) is 2.40. The number of pyridine rings is 1. The summed E-state index contributed by atoms with van der Waals surface area (Å²) in [6, 6.07) is 3.74. The number of ether oxygens (including phenoxy) is 1. The standard InChI is InChI=1S/C12H16N4O2/c1-8-7-18-10(6-17)5-16(8)12-11(14)9(4-13)2-3-15-12/h2-3,8,10,17H,5-7,14H2,1H3. The number of aliphatic hydroxyl groups is 1. The molecule has 2 atom stereocenters. The van der Waals surface area contributed by atoms with Crippen molar-refractivity contribution in [2.45, 2.75) is 19.1 Å². The minimum atomic E-state index is -0.242. The number of anilines is 2. The van der Waals surface area contributed by atoms with Crippen LogP contribution in [0.4, 0.5) is 11.5 Å². The van der Waals surface area contributed by atoms with Crippen molar-refractivity contribution in [1.82, 2.24) is 4.98 Å². The van der Waals surface area contributed by atoms with Crippen LogP contribution in [0.5, 0.6) is 0 Å². The molecule has 0 aliphatic carbocycles. The molecule has 1 aliphatic heterocycles. The third-order valence-corrected chi connectivity index (χ3v) is 3.07. The molecule has 18 heavy (non-hydrogen) atoms. The fourth-order valence-corrected chi connectivity index (χ4v) is 2.01. The molecule has 1 aromatic heterocycles. The van der Waals surface area contributed by atoms with E-state index in [1.165, 1.54) is 0 Å². The van der Waals surface area contributed by atoms with Crippen LogP contribution < -0.4 is 10.6 Å². The fourth-order valence-electron chi connectivity index (χ4n) is 2.01. The van der Waals surface area contributed by atoms with Gasteiger partial charge in [0.2, 0.25) is 0 Å². The number of nitrogens with two attached hydrogens (primary N) is 1. The Morgan fingerprint density at radius 2 is 2.50 bits per heavy atom. The predicted octanol–water partition coefficient (Wildman–Crippen LogP) is 0.121. The van der Waals surface area contributed by atoms with Gasteiger partial charge in [0, 0.05) is 12.7 Å². The van der Waals surface area contributed by atoms with Gasteiger partial charge < -0.3 is 20.5 Å². The number of nitrogens with zero attached hydrogens (tertiary/aromatic N) is 3. The van der Waals surface area contributed by atoms with Gasteiger partial charge in [0.25, 0.3) is 0 Å². The zero-order chi connectivity index (χ0) is 13.1. The van der Waals surface area contributed by atoms with Crippen LogP contribution >= 0.6 is 0 Å². The summed E-state index contributed by atoms with van der Waals surface area (Å²) in [6.45, 7) is 2.97. The maximum absolute atomic E-state index is 9.16. The van der Waals surface area contributed by atoms with E-state index in [4.69, 9.17) is 20.8 Å². The SMILES string of the molecule is CC1COC(CO)CN1c1nccc(C#N)c1N. The monoisotopic (exact) mass is 248 g/mol. The van der Waals surface area contributed by atoms with Gasteiger partial charge in [-0.1, -0.05) is 0 Å². The number of hydrogen-bond acceptors (Lipinski definition) is 6. The van der Waals surface area contributed by atoms with E-state index in [2.05, 4.69) is 4.98 Å². The van der Waals surface area contributed by atoms with Crippen LogP contribution in [0.1, 0.15) is 12.5 Å². The molecule has 0 amide bonds. The molecule has 0 bridgehead atoms. The zero-order valence-corrected chi connectivity index (χ0v) is 10.2. The van der Waals surface area contributed by atoms with Crippen molar-refractivity contribution in [3.63, 3.8) is 0 Å². The van der Waals surface area contributed by atoms with Crippen molar-refractivity contribution >= 4 is 11.5 Å². The smallest absolute Gasteiger partial charge is 0.153 e. The van der Waals surface area contributed by atoms with Crippen molar-refractivity contribution < 1.29 is 9.84 Å². The van der Waals surface area contributed by atoms with Gasteiger partial charge in [-0.15, -0.1) is 0 Å². The molecule has 0 radical (unpaired) electrons. The van der Waals surface area contributed by atoms with Crippen LogP contribution in [0.15, 0.2) is 12.3 Å². The minimum Gasteiger partial charge on any atom is -0.395 e. The predicted molar refractivity (Wildman–Crippen MR) is 67.0 cm³/mol. The molecule has 2 rings (SSSR count).